The SMILES string of the molecule is Cc1cc(C)cc(S(=O)(=O)N(CC(=O)O)c2ccc3c(C(=O)CCc4ccccc4)cccc3c2)c1. The topological polar surface area (TPSA) is 91.8 Å². The van der Waals surface area contributed by atoms with E-state index in [9.17, 15) is 23.1 Å². The maximum absolute atomic E-state index is 13.5. The van der Waals surface area contributed by atoms with Crippen LogP contribution in [0.5, 0.6) is 0 Å². The van der Waals surface area contributed by atoms with Gasteiger partial charge in [-0.15, -0.1) is 0 Å². The Bertz CT molecular complexity index is 1520. The van der Waals surface area contributed by atoms with E-state index in [0.717, 1.165) is 21.0 Å². The van der Waals surface area contributed by atoms with E-state index in [1.165, 1.54) is 12.1 Å². The lowest BCUT2D eigenvalue weighted by Gasteiger charge is -2.24. The molecule has 0 amide bonds. The lowest BCUT2D eigenvalue weighted by Crippen LogP contribution is -2.35. The van der Waals surface area contributed by atoms with E-state index >= 15 is 0 Å². The number of aliphatic carboxylic acids is 1. The number of carbonyl (C=O) groups excluding carboxylic acids is 1. The number of hydrogen-bond donors (Lipinski definition) is 1. The molecule has 0 saturated carbocycles. The van der Waals surface area contributed by atoms with Crippen molar-refractivity contribution in [2.45, 2.75) is 31.6 Å². The van der Waals surface area contributed by atoms with E-state index in [1.54, 1.807) is 50.2 Å². The Morgan fingerprint density at radius 2 is 1.53 bits per heavy atom. The second kappa shape index (κ2) is 10.3. The summed E-state index contributed by atoms with van der Waals surface area (Å²) in [6.07, 6.45) is 0.964. The molecule has 0 radical (unpaired) electrons. The van der Waals surface area contributed by atoms with E-state index in [1.807, 2.05) is 36.4 Å². The van der Waals surface area contributed by atoms with Gasteiger partial charge in [-0.25, -0.2) is 8.42 Å². The number of rotatable bonds is 9. The molecule has 0 bridgehead atoms. The number of ketones is 1. The summed E-state index contributed by atoms with van der Waals surface area (Å²) < 4.78 is 27.9. The first-order chi connectivity index (χ1) is 17.1. The molecule has 0 fully saturated rings. The first-order valence-electron chi connectivity index (χ1n) is 11.6. The molecule has 0 aliphatic heterocycles. The first kappa shape index (κ1) is 25.1. The van der Waals surface area contributed by atoms with Crippen molar-refractivity contribution in [1.29, 1.82) is 0 Å². The minimum absolute atomic E-state index is 0.0116. The average molecular weight is 502 g/mol. The standard InChI is InChI=1S/C29H27NO5S/c1-20-15-21(2)17-25(16-20)36(34,35)30(19-29(32)33)24-12-13-26-23(18-24)9-6-10-27(26)28(31)14-11-22-7-4-3-5-8-22/h3-10,12-13,15-18H,11,14,19H2,1-2H3,(H,32,33). The number of benzene rings is 4. The van der Waals surface area contributed by atoms with Crippen molar-refractivity contribution >= 4 is 38.2 Å². The van der Waals surface area contributed by atoms with Crippen LogP contribution in [-0.2, 0) is 21.2 Å². The number of Topliss-reactive ketones (excluding diaryl/α,β-unsaturated/α-hetero) is 1. The average Bonchev–Trinajstić information content (AvgIpc) is 2.85. The van der Waals surface area contributed by atoms with Gasteiger partial charge in [-0.3, -0.25) is 13.9 Å². The summed E-state index contributed by atoms with van der Waals surface area (Å²) in [5.41, 5.74) is 3.38. The van der Waals surface area contributed by atoms with Gasteiger partial charge in [-0.1, -0.05) is 60.7 Å². The van der Waals surface area contributed by atoms with Gasteiger partial charge >= 0.3 is 5.97 Å². The van der Waals surface area contributed by atoms with Crippen molar-refractivity contribution in [3.05, 3.63) is 107 Å². The van der Waals surface area contributed by atoms with Crippen LogP contribution in [0.2, 0.25) is 0 Å². The quantitative estimate of drug-likeness (QED) is 0.304. The number of carbonyl (C=O) groups is 2. The second-order valence-electron chi connectivity index (χ2n) is 8.85. The molecule has 7 heteroatoms. The highest BCUT2D eigenvalue weighted by Crippen LogP contribution is 2.30. The van der Waals surface area contributed by atoms with Gasteiger partial charge in [0.15, 0.2) is 5.78 Å². The smallest absolute Gasteiger partial charge is 0.324 e. The molecular formula is C29H27NO5S. The van der Waals surface area contributed by atoms with Gasteiger partial charge in [-0.2, -0.15) is 0 Å². The van der Waals surface area contributed by atoms with Gasteiger partial charge < -0.3 is 5.11 Å². The van der Waals surface area contributed by atoms with Crippen LogP contribution in [0.15, 0.2) is 89.8 Å². The summed E-state index contributed by atoms with van der Waals surface area (Å²) in [5.74, 6) is -1.28. The predicted molar refractivity (Wildman–Crippen MR) is 141 cm³/mol. The van der Waals surface area contributed by atoms with Crippen LogP contribution in [0.1, 0.15) is 33.5 Å². The van der Waals surface area contributed by atoms with Crippen LogP contribution in [0.3, 0.4) is 0 Å². The summed E-state index contributed by atoms with van der Waals surface area (Å²) in [6, 6.07) is 24.8. The molecule has 0 heterocycles. The van der Waals surface area contributed by atoms with Gasteiger partial charge in [-0.05, 0) is 72.0 Å². The van der Waals surface area contributed by atoms with Crippen LogP contribution in [0, 0.1) is 13.8 Å². The van der Waals surface area contributed by atoms with Crippen molar-refractivity contribution < 1.29 is 23.1 Å². The molecule has 1 N–H and O–H groups in total. The molecule has 0 unspecified atom stereocenters. The van der Waals surface area contributed by atoms with Crippen LogP contribution in [-0.4, -0.2) is 31.8 Å². The number of nitrogens with zero attached hydrogens (tertiary/aromatic N) is 1. The minimum atomic E-state index is -4.14. The fourth-order valence-electron chi connectivity index (χ4n) is 4.35. The molecule has 0 aromatic heterocycles. The zero-order valence-electron chi connectivity index (χ0n) is 20.1. The number of sulfonamides is 1. The summed E-state index contributed by atoms with van der Waals surface area (Å²) in [4.78, 5) is 24.7. The Balaban J connectivity index is 1.70. The third-order valence-electron chi connectivity index (χ3n) is 6.00. The summed E-state index contributed by atoms with van der Waals surface area (Å²) in [7, 11) is -4.14. The number of carboxylic acid groups (broad SMARTS) is 1. The van der Waals surface area contributed by atoms with Crippen LogP contribution < -0.4 is 4.31 Å². The molecule has 4 aromatic carbocycles. The van der Waals surface area contributed by atoms with E-state index in [4.69, 9.17) is 0 Å². The normalized spacial score (nSPS) is 11.4. The predicted octanol–water partition coefficient (Wildman–Crippen LogP) is 5.55. The molecule has 0 spiro atoms. The lowest BCUT2D eigenvalue weighted by atomic mass is 9.97. The monoisotopic (exact) mass is 501 g/mol. The fraction of sp³-hybridized carbons (Fsp3) is 0.172. The molecule has 0 aliphatic carbocycles. The zero-order valence-corrected chi connectivity index (χ0v) is 21.0. The summed E-state index contributed by atoms with van der Waals surface area (Å²) in [6.45, 7) is 2.86. The van der Waals surface area contributed by atoms with Gasteiger partial charge in [0, 0.05) is 12.0 Å². The van der Waals surface area contributed by atoms with Gasteiger partial charge in [0.25, 0.3) is 10.0 Å². The van der Waals surface area contributed by atoms with E-state index < -0.39 is 22.5 Å². The second-order valence-corrected chi connectivity index (χ2v) is 10.7. The van der Waals surface area contributed by atoms with E-state index in [2.05, 4.69) is 0 Å². The Kier molecular flexibility index (Phi) is 7.22. The Labute approximate surface area is 210 Å². The highest BCUT2D eigenvalue weighted by molar-refractivity contribution is 7.92. The van der Waals surface area contributed by atoms with Crippen molar-refractivity contribution in [1.82, 2.24) is 0 Å². The minimum Gasteiger partial charge on any atom is -0.480 e. The number of anilines is 1. The number of carboxylic acids is 1. The third kappa shape index (κ3) is 5.47. The molecule has 6 nitrogen and oxygen atoms in total. The first-order valence-corrected chi connectivity index (χ1v) is 13.0. The van der Waals surface area contributed by atoms with Crippen LogP contribution in [0.4, 0.5) is 5.69 Å². The van der Waals surface area contributed by atoms with E-state index in [-0.39, 0.29) is 16.4 Å². The van der Waals surface area contributed by atoms with Gasteiger partial charge in [0.2, 0.25) is 0 Å². The molecule has 36 heavy (non-hydrogen) atoms. The molecule has 4 aromatic rings. The Morgan fingerprint density at radius 1 is 0.833 bits per heavy atom. The highest BCUT2D eigenvalue weighted by Gasteiger charge is 2.28. The van der Waals surface area contributed by atoms with Crippen molar-refractivity contribution in [2.24, 2.45) is 0 Å². The Morgan fingerprint density at radius 3 is 2.19 bits per heavy atom. The summed E-state index contributed by atoms with van der Waals surface area (Å²) in [5, 5.41) is 10.8. The molecular weight excluding hydrogens is 474 g/mol. The number of hydrogen-bond acceptors (Lipinski definition) is 4. The summed E-state index contributed by atoms with van der Waals surface area (Å²) >= 11 is 0. The largest absolute Gasteiger partial charge is 0.480 e. The van der Waals surface area contributed by atoms with Crippen molar-refractivity contribution in [2.75, 3.05) is 10.8 Å². The molecule has 0 atom stereocenters. The number of fused-ring (bicyclic) bond motifs is 1. The van der Waals surface area contributed by atoms with Crippen molar-refractivity contribution in [3.63, 3.8) is 0 Å². The molecule has 0 saturated heterocycles. The molecule has 0 aliphatic rings. The van der Waals surface area contributed by atoms with Gasteiger partial charge in [0.05, 0.1) is 10.6 Å². The van der Waals surface area contributed by atoms with Crippen LogP contribution in [0.25, 0.3) is 10.8 Å². The fourth-order valence-corrected chi connectivity index (χ4v) is 5.95. The van der Waals surface area contributed by atoms with Gasteiger partial charge in [0.1, 0.15) is 6.54 Å². The Hall–Kier alpha value is -3.97. The lowest BCUT2D eigenvalue weighted by molar-refractivity contribution is -0.135. The number of aryl methyl sites for hydroxylation is 3. The zero-order chi connectivity index (χ0) is 25.9. The van der Waals surface area contributed by atoms with E-state index in [0.29, 0.717) is 29.2 Å². The molecule has 184 valence electrons. The third-order valence-corrected chi connectivity index (χ3v) is 7.75. The maximum Gasteiger partial charge on any atom is 0.324 e. The highest BCUT2D eigenvalue weighted by atomic mass is 32.2. The van der Waals surface area contributed by atoms with Crippen molar-refractivity contribution in [3.8, 4) is 0 Å². The maximum atomic E-state index is 13.5. The van der Waals surface area contributed by atoms with Crippen LogP contribution >= 0.6 is 0 Å². The molecule has 4 rings (SSSR count).